The highest BCUT2D eigenvalue weighted by Gasteiger charge is 2.74. The molecule has 3 rings (SSSR count). The molecule has 1 spiro atoms. The highest BCUT2D eigenvalue weighted by atomic mass is 16.5. The highest BCUT2D eigenvalue weighted by Crippen LogP contribution is 2.58. The molecule has 3 aliphatic rings. The molecule has 174 valence electrons. The number of likely N-dealkylation sites (tertiary alicyclic amines) is 1. The summed E-state index contributed by atoms with van der Waals surface area (Å²) in [6.07, 6.45) is 7.18. The minimum atomic E-state index is -1.05. The second kappa shape index (κ2) is 10.1. The lowest BCUT2D eigenvalue weighted by Gasteiger charge is -2.36. The van der Waals surface area contributed by atoms with Gasteiger partial charge in [0.25, 0.3) is 0 Å². The van der Waals surface area contributed by atoms with Crippen molar-refractivity contribution in [3.05, 3.63) is 12.7 Å². The van der Waals surface area contributed by atoms with Crippen LogP contribution < -0.4 is 0 Å². The molecule has 2 bridgehead atoms. The van der Waals surface area contributed by atoms with E-state index in [4.69, 9.17) is 9.84 Å². The predicted molar refractivity (Wildman–Crippen MR) is 114 cm³/mol. The molecular formula is C23H36N2O6. The van der Waals surface area contributed by atoms with Gasteiger partial charge < -0.3 is 24.7 Å². The Hall–Kier alpha value is -1.93. The molecule has 3 aliphatic heterocycles. The van der Waals surface area contributed by atoms with E-state index in [2.05, 4.69) is 13.5 Å². The second-order valence-corrected chi connectivity index (χ2v) is 8.99. The van der Waals surface area contributed by atoms with Gasteiger partial charge in [-0.2, -0.15) is 0 Å². The predicted octanol–water partition coefficient (Wildman–Crippen LogP) is 1.81. The molecule has 0 aromatic heterocycles. The molecule has 5 atom stereocenters. The van der Waals surface area contributed by atoms with Gasteiger partial charge in [0.2, 0.25) is 11.8 Å². The van der Waals surface area contributed by atoms with Gasteiger partial charge in [0.1, 0.15) is 11.6 Å². The molecule has 8 nitrogen and oxygen atoms in total. The smallest absolute Gasteiger partial charge is 0.310 e. The van der Waals surface area contributed by atoms with E-state index in [-0.39, 0.29) is 18.4 Å². The Morgan fingerprint density at radius 1 is 1.29 bits per heavy atom. The normalized spacial score (nSPS) is 31.2. The average molecular weight is 437 g/mol. The molecule has 3 fully saturated rings. The van der Waals surface area contributed by atoms with Crippen molar-refractivity contribution >= 4 is 17.8 Å². The van der Waals surface area contributed by atoms with Crippen molar-refractivity contribution in [1.29, 1.82) is 0 Å². The maximum absolute atomic E-state index is 13.8. The number of amides is 2. The van der Waals surface area contributed by atoms with Crippen LogP contribution in [0.1, 0.15) is 58.3 Å². The van der Waals surface area contributed by atoms with E-state index in [9.17, 15) is 19.5 Å². The van der Waals surface area contributed by atoms with Crippen molar-refractivity contribution in [3.8, 4) is 0 Å². The van der Waals surface area contributed by atoms with Gasteiger partial charge >= 0.3 is 5.97 Å². The van der Waals surface area contributed by atoms with Crippen LogP contribution in [-0.4, -0.2) is 81.8 Å². The number of unbranched alkanes of at least 4 members (excludes halogenated alkanes) is 4. The summed E-state index contributed by atoms with van der Waals surface area (Å²) in [4.78, 5) is 42.5. The Morgan fingerprint density at radius 2 is 2.06 bits per heavy atom. The molecule has 8 heteroatoms. The zero-order valence-corrected chi connectivity index (χ0v) is 18.5. The number of carboxylic acid groups (broad SMARTS) is 1. The zero-order chi connectivity index (χ0) is 22.6. The number of carboxylic acids is 1. The number of nitrogens with zero attached hydrogens (tertiary/aromatic N) is 2. The summed E-state index contributed by atoms with van der Waals surface area (Å²) < 4.78 is 6.22. The highest BCUT2D eigenvalue weighted by molar-refractivity contribution is 5.98. The first kappa shape index (κ1) is 23.7. The van der Waals surface area contributed by atoms with E-state index < -0.39 is 35.6 Å². The largest absolute Gasteiger partial charge is 0.481 e. The van der Waals surface area contributed by atoms with Gasteiger partial charge in [0.05, 0.1) is 17.9 Å². The van der Waals surface area contributed by atoms with Crippen molar-refractivity contribution < 1.29 is 29.3 Å². The van der Waals surface area contributed by atoms with Crippen LogP contribution in [0, 0.1) is 11.8 Å². The fraction of sp³-hybridized carbons (Fsp3) is 0.783. The number of aliphatic carboxylic acids is 1. The number of fused-ring (bicyclic) bond motifs is 1. The van der Waals surface area contributed by atoms with Crippen molar-refractivity contribution in [3.63, 3.8) is 0 Å². The molecule has 0 radical (unpaired) electrons. The summed E-state index contributed by atoms with van der Waals surface area (Å²) in [5.41, 5.74) is -1.05. The molecule has 3 heterocycles. The van der Waals surface area contributed by atoms with Crippen molar-refractivity contribution in [2.45, 2.75) is 76.0 Å². The number of hydrogen-bond acceptors (Lipinski definition) is 5. The number of carbonyl (C=O) groups is 3. The van der Waals surface area contributed by atoms with Crippen LogP contribution >= 0.6 is 0 Å². The van der Waals surface area contributed by atoms with Crippen LogP contribution in [0.5, 0.6) is 0 Å². The van der Waals surface area contributed by atoms with Crippen LogP contribution in [0.2, 0.25) is 0 Å². The van der Waals surface area contributed by atoms with Gasteiger partial charge in [-0.25, -0.2) is 0 Å². The number of rotatable bonds is 13. The Labute approximate surface area is 184 Å². The van der Waals surface area contributed by atoms with Gasteiger partial charge in [0, 0.05) is 26.2 Å². The SMILES string of the molecule is C=CCN(CCCCC)C(=O)[C@@H]1N(CCCCCO)C(=O)[C@H]2[C@H](C(=O)O)[C@@H]3CC[C@]12O3. The molecule has 0 saturated carbocycles. The number of ether oxygens (including phenoxy) is 1. The Bertz CT molecular complexity index is 698. The number of hydrogen-bond donors (Lipinski definition) is 2. The summed E-state index contributed by atoms with van der Waals surface area (Å²) in [7, 11) is 0. The Kier molecular flexibility index (Phi) is 7.75. The van der Waals surface area contributed by atoms with Crippen molar-refractivity contribution in [1.82, 2.24) is 9.80 Å². The second-order valence-electron chi connectivity index (χ2n) is 8.99. The fourth-order valence-corrected chi connectivity index (χ4v) is 5.70. The van der Waals surface area contributed by atoms with Crippen LogP contribution in [0.4, 0.5) is 0 Å². The minimum Gasteiger partial charge on any atom is -0.481 e. The first-order valence-electron chi connectivity index (χ1n) is 11.6. The first-order valence-corrected chi connectivity index (χ1v) is 11.6. The van der Waals surface area contributed by atoms with Gasteiger partial charge in [-0.15, -0.1) is 6.58 Å². The maximum atomic E-state index is 13.8. The summed E-state index contributed by atoms with van der Waals surface area (Å²) >= 11 is 0. The standard InChI is InChI=1S/C23H36N2O6/c1-3-5-7-13-24(12-4-2)21(28)19-23-11-10-16(31-23)17(22(29)30)18(23)20(27)25(19)14-8-6-9-15-26/h4,16-19,26H,2-3,5-15H2,1H3,(H,29,30)/t16-,17+,18+,19-,23+/m0/s1. The lowest BCUT2D eigenvalue weighted by molar-refractivity contribution is -0.151. The van der Waals surface area contributed by atoms with Crippen molar-refractivity contribution in [2.75, 3.05) is 26.2 Å². The van der Waals surface area contributed by atoms with E-state index in [1.54, 1.807) is 15.9 Å². The number of aliphatic hydroxyl groups excluding tert-OH is 1. The van der Waals surface area contributed by atoms with Crippen LogP contribution in [0.25, 0.3) is 0 Å². The molecule has 0 aromatic rings. The van der Waals surface area contributed by atoms with Crippen molar-refractivity contribution in [2.24, 2.45) is 11.8 Å². The van der Waals surface area contributed by atoms with Gasteiger partial charge in [-0.1, -0.05) is 25.8 Å². The molecule has 0 unspecified atom stereocenters. The van der Waals surface area contributed by atoms with Gasteiger partial charge in [-0.3, -0.25) is 14.4 Å². The van der Waals surface area contributed by atoms with Gasteiger partial charge in [-0.05, 0) is 38.5 Å². The van der Waals surface area contributed by atoms with E-state index in [1.165, 1.54) is 0 Å². The molecule has 0 aromatic carbocycles. The molecular weight excluding hydrogens is 400 g/mol. The number of carbonyl (C=O) groups excluding carboxylic acids is 2. The van der Waals surface area contributed by atoms with E-state index in [1.807, 2.05) is 0 Å². The maximum Gasteiger partial charge on any atom is 0.310 e. The van der Waals surface area contributed by atoms with E-state index in [0.717, 1.165) is 25.7 Å². The minimum absolute atomic E-state index is 0.0826. The Morgan fingerprint density at radius 3 is 2.71 bits per heavy atom. The topological polar surface area (TPSA) is 107 Å². The van der Waals surface area contributed by atoms with E-state index >= 15 is 0 Å². The summed E-state index contributed by atoms with van der Waals surface area (Å²) in [6.45, 7) is 7.30. The van der Waals surface area contributed by atoms with Gasteiger partial charge in [0.15, 0.2) is 0 Å². The molecule has 2 N–H and O–H groups in total. The summed E-state index contributed by atoms with van der Waals surface area (Å²) in [6, 6.07) is -0.796. The van der Waals surface area contributed by atoms with Crippen LogP contribution in [0.3, 0.4) is 0 Å². The van der Waals surface area contributed by atoms with Crippen LogP contribution in [-0.2, 0) is 19.1 Å². The third kappa shape index (κ3) is 4.24. The molecule has 3 saturated heterocycles. The Balaban J connectivity index is 1.90. The quantitative estimate of drug-likeness (QED) is 0.337. The first-order chi connectivity index (χ1) is 14.9. The molecule has 0 aliphatic carbocycles. The third-order valence-corrected chi connectivity index (χ3v) is 7.07. The lowest BCUT2D eigenvalue weighted by atomic mass is 9.70. The monoisotopic (exact) mass is 436 g/mol. The third-order valence-electron chi connectivity index (χ3n) is 7.07. The van der Waals surface area contributed by atoms with Crippen LogP contribution in [0.15, 0.2) is 12.7 Å². The summed E-state index contributed by atoms with van der Waals surface area (Å²) in [5, 5.41) is 18.9. The number of aliphatic hydroxyl groups is 1. The fourth-order valence-electron chi connectivity index (χ4n) is 5.70. The summed E-state index contributed by atoms with van der Waals surface area (Å²) in [5.74, 6) is -3.17. The zero-order valence-electron chi connectivity index (χ0n) is 18.5. The molecule has 2 amide bonds. The average Bonchev–Trinajstić information content (AvgIpc) is 3.38. The lowest BCUT2D eigenvalue weighted by Crippen LogP contribution is -2.56. The molecule has 31 heavy (non-hydrogen) atoms. The van der Waals surface area contributed by atoms with E-state index in [0.29, 0.717) is 45.3 Å².